The lowest BCUT2D eigenvalue weighted by atomic mass is 9.68. The second-order valence-electron chi connectivity index (χ2n) is 6.00. The molecule has 0 N–H and O–H groups in total. The van der Waals surface area contributed by atoms with Crippen molar-refractivity contribution in [1.82, 2.24) is 0 Å². The molecule has 0 spiro atoms. The number of ether oxygens (including phenoxy) is 1. The molecule has 2 heteroatoms. The van der Waals surface area contributed by atoms with Gasteiger partial charge in [0.15, 0.2) is 0 Å². The van der Waals surface area contributed by atoms with E-state index in [1.165, 1.54) is 5.57 Å². The molecule has 2 unspecified atom stereocenters. The minimum absolute atomic E-state index is 0.0692. The van der Waals surface area contributed by atoms with Gasteiger partial charge in [-0.25, -0.2) is 0 Å². The van der Waals surface area contributed by atoms with Gasteiger partial charge < -0.3 is 4.74 Å². The van der Waals surface area contributed by atoms with Crippen molar-refractivity contribution in [1.29, 1.82) is 0 Å². The molecule has 1 aliphatic carbocycles. The molecular weight excluding hydrogens is 248 g/mol. The largest absolute Gasteiger partial charge is 0.460 e. The fourth-order valence-electron chi connectivity index (χ4n) is 2.72. The van der Waals surface area contributed by atoms with Crippen LogP contribution in [-0.2, 0) is 16.1 Å². The molecular formula is C18H24O2. The van der Waals surface area contributed by atoms with E-state index in [1.54, 1.807) is 0 Å². The fourth-order valence-corrected chi connectivity index (χ4v) is 2.72. The van der Waals surface area contributed by atoms with Gasteiger partial charge in [0, 0.05) is 0 Å². The molecule has 0 bridgehead atoms. The summed E-state index contributed by atoms with van der Waals surface area (Å²) in [4.78, 5) is 12.4. The summed E-state index contributed by atoms with van der Waals surface area (Å²) in [6, 6.07) is 9.85. The Labute approximate surface area is 121 Å². The smallest absolute Gasteiger partial charge is 0.312 e. The van der Waals surface area contributed by atoms with Crippen LogP contribution in [-0.4, -0.2) is 5.97 Å². The van der Waals surface area contributed by atoms with Crippen LogP contribution in [0.15, 0.2) is 42.0 Å². The zero-order valence-electron chi connectivity index (χ0n) is 12.7. The third-order valence-corrected chi connectivity index (χ3v) is 4.60. The second kappa shape index (κ2) is 6.25. The van der Waals surface area contributed by atoms with Crippen molar-refractivity contribution in [2.75, 3.05) is 0 Å². The second-order valence-corrected chi connectivity index (χ2v) is 6.00. The predicted molar refractivity (Wildman–Crippen MR) is 81.1 cm³/mol. The molecule has 0 aliphatic heterocycles. The fraction of sp³-hybridized carbons (Fsp3) is 0.500. The first-order valence-corrected chi connectivity index (χ1v) is 7.45. The Balaban J connectivity index is 2.00. The average Bonchev–Trinajstić information content (AvgIpc) is 2.48. The molecule has 2 atom stereocenters. The summed E-state index contributed by atoms with van der Waals surface area (Å²) in [5.74, 6) is 0.269. The lowest BCUT2D eigenvalue weighted by Gasteiger charge is -2.36. The van der Waals surface area contributed by atoms with E-state index in [0.717, 1.165) is 24.8 Å². The third kappa shape index (κ3) is 3.12. The van der Waals surface area contributed by atoms with Gasteiger partial charge in [-0.05, 0) is 37.7 Å². The Kier molecular flexibility index (Phi) is 4.64. The topological polar surface area (TPSA) is 26.3 Å². The number of benzene rings is 1. The molecule has 0 aromatic heterocycles. The van der Waals surface area contributed by atoms with Gasteiger partial charge in [-0.2, -0.15) is 0 Å². The Morgan fingerprint density at radius 1 is 1.35 bits per heavy atom. The first kappa shape index (κ1) is 14.8. The summed E-state index contributed by atoms with van der Waals surface area (Å²) < 4.78 is 5.54. The predicted octanol–water partition coefficient (Wildman–Crippen LogP) is 4.50. The Morgan fingerprint density at radius 3 is 2.65 bits per heavy atom. The van der Waals surface area contributed by atoms with Crippen LogP contribution in [0.5, 0.6) is 0 Å². The minimum atomic E-state index is -0.381. The molecule has 0 radical (unpaired) electrons. The van der Waals surface area contributed by atoms with E-state index in [0.29, 0.717) is 12.5 Å². The Morgan fingerprint density at radius 2 is 2.05 bits per heavy atom. The summed E-state index contributed by atoms with van der Waals surface area (Å²) in [6.07, 6.45) is 5.11. The minimum Gasteiger partial charge on any atom is -0.460 e. The standard InChI is InChI=1S/C18H24O2/c1-4-15-10-11-18(3,14(2)12-15)17(19)20-13-16-8-6-5-7-9-16/h5-10,14H,4,11-13H2,1-3H3. The number of carbonyl (C=O) groups is 1. The van der Waals surface area contributed by atoms with E-state index in [2.05, 4.69) is 19.9 Å². The quantitative estimate of drug-likeness (QED) is 0.596. The van der Waals surface area contributed by atoms with Crippen LogP contribution in [0.25, 0.3) is 0 Å². The Bertz CT molecular complexity index is 489. The summed E-state index contributed by atoms with van der Waals surface area (Å²) >= 11 is 0. The van der Waals surface area contributed by atoms with Crippen LogP contribution in [0.2, 0.25) is 0 Å². The van der Waals surface area contributed by atoms with Gasteiger partial charge in [0.05, 0.1) is 5.41 Å². The van der Waals surface area contributed by atoms with E-state index in [9.17, 15) is 4.79 Å². The molecule has 0 fully saturated rings. The van der Waals surface area contributed by atoms with Crippen molar-refractivity contribution < 1.29 is 9.53 Å². The first-order valence-electron chi connectivity index (χ1n) is 7.45. The van der Waals surface area contributed by atoms with Crippen LogP contribution < -0.4 is 0 Å². The van der Waals surface area contributed by atoms with Crippen molar-refractivity contribution in [3.8, 4) is 0 Å². The highest BCUT2D eigenvalue weighted by molar-refractivity contribution is 5.77. The van der Waals surface area contributed by atoms with Crippen molar-refractivity contribution in [3.05, 3.63) is 47.5 Å². The van der Waals surface area contributed by atoms with E-state index in [-0.39, 0.29) is 11.4 Å². The van der Waals surface area contributed by atoms with E-state index < -0.39 is 0 Å². The number of esters is 1. The SMILES string of the molecule is CCC1=CCC(C)(C(=O)OCc2ccccc2)C(C)C1. The van der Waals surface area contributed by atoms with E-state index in [1.807, 2.05) is 37.3 Å². The van der Waals surface area contributed by atoms with Crippen molar-refractivity contribution in [2.24, 2.45) is 11.3 Å². The first-order chi connectivity index (χ1) is 9.56. The van der Waals surface area contributed by atoms with Crippen molar-refractivity contribution in [2.45, 2.75) is 46.6 Å². The number of rotatable bonds is 4. The molecule has 2 nitrogen and oxygen atoms in total. The van der Waals surface area contributed by atoms with Gasteiger partial charge in [0.2, 0.25) is 0 Å². The summed E-state index contributed by atoms with van der Waals surface area (Å²) in [7, 11) is 0. The van der Waals surface area contributed by atoms with Crippen LogP contribution in [0.1, 0.15) is 45.6 Å². The highest BCUT2D eigenvalue weighted by Gasteiger charge is 2.41. The molecule has 0 amide bonds. The molecule has 0 saturated heterocycles. The Hall–Kier alpha value is -1.57. The van der Waals surface area contributed by atoms with Crippen LogP contribution in [0.3, 0.4) is 0 Å². The number of hydrogen-bond acceptors (Lipinski definition) is 2. The molecule has 1 aromatic carbocycles. The van der Waals surface area contributed by atoms with E-state index in [4.69, 9.17) is 4.74 Å². The summed E-state index contributed by atoms with van der Waals surface area (Å²) in [5, 5.41) is 0. The van der Waals surface area contributed by atoms with E-state index >= 15 is 0 Å². The molecule has 0 heterocycles. The maximum absolute atomic E-state index is 12.4. The maximum Gasteiger partial charge on any atom is 0.312 e. The lowest BCUT2D eigenvalue weighted by molar-refractivity contribution is -0.159. The van der Waals surface area contributed by atoms with Gasteiger partial charge in [0.25, 0.3) is 0 Å². The van der Waals surface area contributed by atoms with Gasteiger partial charge in [-0.1, -0.05) is 55.8 Å². The lowest BCUT2D eigenvalue weighted by Crippen LogP contribution is -2.37. The highest BCUT2D eigenvalue weighted by atomic mass is 16.5. The third-order valence-electron chi connectivity index (χ3n) is 4.60. The number of carbonyl (C=O) groups excluding carboxylic acids is 1. The maximum atomic E-state index is 12.4. The monoisotopic (exact) mass is 272 g/mol. The zero-order chi connectivity index (χ0) is 14.6. The van der Waals surface area contributed by atoms with Crippen molar-refractivity contribution in [3.63, 3.8) is 0 Å². The molecule has 108 valence electrons. The normalized spacial score (nSPS) is 25.9. The summed E-state index contributed by atoms with van der Waals surface area (Å²) in [6.45, 7) is 6.74. The van der Waals surface area contributed by atoms with Crippen LogP contribution in [0, 0.1) is 11.3 Å². The molecule has 2 rings (SSSR count). The molecule has 20 heavy (non-hydrogen) atoms. The zero-order valence-corrected chi connectivity index (χ0v) is 12.7. The number of allylic oxidation sites excluding steroid dienone is 2. The van der Waals surface area contributed by atoms with Crippen LogP contribution in [0.4, 0.5) is 0 Å². The van der Waals surface area contributed by atoms with Gasteiger partial charge in [-0.3, -0.25) is 4.79 Å². The van der Waals surface area contributed by atoms with Gasteiger partial charge in [0.1, 0.15) is 6.61 Å². The van der Waals surface area contributed by atoms with Crippen molar-refractivity contribution >= 4 is 5.97 Å². The molecule has 0 saturated carbocycles. The number of hydrogen-bond donors (Lipinski definition) is 0. The van der Waals surface area contributed by atoms with Crippen LogP contribution >= 0.6 is 0 Å². The molecule has 1 aliphatic rings. The summed E-state index contributed by atoms with van der Waals surface area (Å²) in [5.41, 5.74) is 2.12. The van der Waals surface area contributed by atoms with Gasteiger partial charge >= 0.3 is 5.97 Å². The molecule has 1 aromatic rings. The highest BCUT2D eigenvalue weighted by Crippen LogP contribution is 2.41. The van der Waals surface area contributed by atoms with Gasteiger partial charge in [-0.15, -0.1) is 0 Å². The average molecular weight is 272 g/mol.